The van der Waals surface area contributed by atoms with Gasteiger partial charge in [-0.3, -0.25) is 4.99 Å². The Morgan fingerprint density at radius 1 is 1.04 bits per heavy atom. The van der Waals surface area contributed by atoms with Crippen LogP contribution in [0.3, 0.4) is 0 Å². The third-order valence-electron chi connectivity index (χ3n) is 5.39. The van der Waals surface area contributed by atoms with Crippen LogP contribution in [0.15, 0.2) is 60.1 Å². The molecule has 0 unspecified atom stereocenters. The summed E-state index contributed by atoms with van der Waals surface area (Å²) in [5.41, 5.74) is 3.96. The minimum atomic E-state index is -0.0925. The number of benzene rings is 2. The number of hydrogen-bond acceptors (Lipinski definition) is 3. The molecule has 1 aliphatic heterocycles. The Balaban J connectivity index is 1.65. The maximum Gasteiger partial charge on any atom is 0.127 e. The van der Waals surface area contributed by atoms with Crippen LogP contribution in [0.1, 0.15) is 43.2 Å². The summed E-state index contributed by atoms with van der Waals surface area (Å²) in [6, 6.07) is 16.1. The van der Waals surface area contributed by atoms with Crippen molar-refractivity contribution in [3.8, 4) is 0 Å². The van der Waals surface area contributed by atoms with E-state index >= 15 is 0 Å². The van der Waals surface area contributed by atoms with Crippen molar-refractivity contribution < 1.29 is 5.11 Å². The van der Waals surface area contributed by atoms with E-state index < -0.39 is 0 Å². The first kappa shape index (κ1) is 16.7. The van der Waals surface area contributed by atoms with Gasteiger partial charge in [0.25, 0.3) is 0 Å². The molecule has 3 N–H and O–H groups in total. The van der Waals surface area contributed by atoms with E-state index in [1.807, 2.05) is 30.3 Å². The molecule has 0 saturated heterocycles. The number of para-hydroxylation sites is 2. The normalized spacial score (nSPS) is 19.5. The van der Waals surface area contributed by atoms with Crippen LogP contribution < -0.4 is 10.6 Å². The number of aliphatic imine (C=N–C) groups is 1. The van der Waals surface area contributed by atoms with E-state index in [1.54, 1.807) is 0 Å². The Bertz CT molecular complexity index is 850. The highest BCUT2D eigenvalue weighted by atomic mass is 16.3. The molecular weight excluding hydrogens is 322 g/mol. The fourth-order valence-electron chi connectivity index (χ4n) is 3.99. The zero-order valence-electron chi connectivity index (χ0n) is 15.0. The summed E-state index contributed by atoms with van der Waals surface area (Å²) in [7, 11) is 0. The zero-order valence-corrected chi connectivity index (χ0v) is 15.0. The fourth-order valence-corrected chi connectivity index (χ4v) is 3.99. The third kappa shape index (κ3) is 3.19. The van der Waals surface area contributed by atoms with E-state index in [2.05, 4.69) is 35.4 Å². The van der Waals surface area contributed by atoms with E-state index in [4.69, 9.17) is 4.99 Å². The largest absolute Gasteiger partial charge is 0.508 e. The zero-order chi connectivity index (χ0) is 18.0. The van der Waals surface area contributed by atoms with Gasteiger partial charge in [-0.15, -0.1) is 0 Å². The van der Waals surface area contributed by atoms with Gasteiger partial charge in [-0.1, -0.05) is 56.2 Å². The molecule has 2 aliphatic rings. The van der Waals surface area contributed by atoms with E-state index in [0.717, 1.165) is 41.2 Å². The van der Waals surface area contributed by atoms with Gasteiger partial charge in [0.1, 0.15) is 11.6 Å². The fraction of sp³-hybridized carbons (Fsp3) is 0.318. The van der Waals surface area contributed by atoms with Gasteiger partial charge in [0.05, 0.1) is 23.5 Å². The van der Waals surface area contributed by atoms with Crippen molar-refractivity contribution in [3.05, 3.63) is 66.2 Å². The van der Waals surface area contributed by atoms with Crippen molar-refractivity contribution in [2.45, 2.75) is 44.2 Å². The average Bonchev–Trinajstić information content (AvgIpc) is 2.67. The van der Waals surface area contributed by atoms with Gasteiger partial charge in [-0.25, -0.2) is 0 Å². The molecule has 4 rings (SSSR count). The van der Waals surface area contributed by atoms with Crippen molar-refractivity contribution in [3.63, 3.8) is 0 Å². The number of fused-ring (bicyclic) bond motifs is 1. The van der Waals surface area contributed by atoms with E-state index in [1.165, 1.54) is 19.3 Å². The molecule has 0 amide bonds. The number of nitrogens with zero attached hydrogens (tertiary/aromatic N) is 1. The summed E-state index contributed by atoms with van der Waals surface area (Å²) in [6.07, 6.45) is 5.92. The second kappa shape index (κ2) is 6.87. The first-order valence-corrected chi connectivity index (χ1v) is 9.33. The van der Waals surface area contributed by atoms with Crippen LogP contribution in [0.2, 0.25) is 0 Å². The monoisotopic (exact) mass is 347 g/mol. The summed E-state index contributed by atoms with van der Waals surface area (Å²) in [5, 5.41) is 17.0. The Morgan fingerprint density at radius 3 is 2.58 bits per heavy atom. The first-order valence-electron chi connectivity index (χ1n) is 9.33. The van der Waals surface area contributed by atoms with Gasteiger partial charge >= 0.3 is 0 Å². The molecule has 1 saturated carbocycles. The quantitative estimate of drug-likeness (QED) is 0.656. The maximum absolute atomic E-state index is 9.62. The smallest absolute Gasteiger partial charge is 0.127 e. The topological polar surface area (TPSA) is 56.7 Å². The highest BCUT2D eigenvalue weighted by Gasteiger charge is 2.40. The van der Waals surface area contributed by atoms with Gasteiger partial charge in [-0.05, 0) is 36.6 Å². The molecule has 134 valence electrons. The lowest BCUT2D eigenvalue weighted by Gasteiger charge is -2.44. The lowest BCUT2D eigenvalue weighted by Crippen LogP contribution is -2.53. The van der Waals surface area contributed by atoms with Crippen LogP contribution in [0.5, 0.6) is 0 Å². The average molecular weight is 347 g/mol. The summed E-state index contributed by atoms with van der Waals surface area (Å²) < 4.78 is 0. The Morgan fingerprint density at radius 2 is 1.81 bits per heavy atom. The molecule has 4 nitrogen and oxygen atoms in total. The number of aliphatic hydroxyl groups excluding tert-OH is 1. The summed E-state index contributed by atoms with van der Waals surface area (Å²) in [6.45, 7) is 4.19. The Kier molecular flexibility index (Phi) is 4.41. The van der Waals surface area contributed by atoms with Gasteiger partial charge < -0.3 is 15.7 Å². The maximum atomic E-state index is 9.62. The lowest BCUT2D eigenvalue weighted by atomic mass is 9.79. The molecule has 0 bridgehead atoms. The van der Waals surface area contributed by atoms with Crippen LogP contribution >= 0.6 is 0 Å². The third-order valence-corrected chi connectivity index (χ3v) is 5.39. The van der Waals surface area contributed by atoms with Crippen LogP contribution in [0.4, 0.5) is 11.4 Å². The number of amidine groups is 1. The molecule has 0 atom stereocenters. The molecular formula is C22H25N3O. The number of rotatable bonds is 3. The first-order chi connectivity index (χ1) is 12.7. The molecule has 1 heterocycles. The van der Waals surface area contributed by atoms with Gasteiger partial charge in [-0.2, -0.15) is 0 Å². The second-order valence-corrected chi connectivity index (χ2v) is 7.25. The summed E-state index contributed by atoms with van der Waals surface area (Å²) >= 11 is 0. The number of aliphatic hydroxyl groups is 1. The van der Waals surface area contributed by atoms with Crippen LogP contribution in [0, 0.1) is 0 Å². The van der Waals surface area contributed by atoms with Crippen LogP contribution in [-0.4, -0.2) is 16.5 Å². The lowest BCUT2D eigenvalue weighted by molar-refractivity contribution is 0.403. The SMILES string of the molecule is C=C(O)c1cccc(CN=C2Nc3ccccc3NC23CCCCC3)c1. The summed E-state index contributed by atoms with van der Waals surface area (Å²) in [4.78, 5) is 4.96. The molecule has 1 fully saturated rings. The van der Waals surface area contributed by atoms with E-state index in [-0.39, 0.29) is 11.3 Å². The highest BCUT2D eigenvalue weighted by molar-refractivity contribution is 6.09. The molecule has 0 aromatic heterocycles. The molecule has 2 aromatic rings. The molecule has 4 heteroatoms. The highest BCUT2D eigenvalue weighted by Crippen LogP contribution is 2.39. The Hall–Kier alpha value is -2.75. The minimum Gasteiger partial charge on any atom is -0.508 e. The molecule has 1 spiro atoms. The molecule has 1 aliphatic carbocycles. The van der Waals surface area contributed by atoms with Crippen molar-refractivity contribution in [1.29, 1.82) is 0 Å². The number of anilines is 2. The van der Waals surface area contributed by atoms with Crippen molar-refractivity contribution >= 4 is 23.0 Å². The van der Waals surface area contributed by atoms with Crippen LogP contribution in [0.25, 0.3) is 5.76 Å². The van der Waals surface area contributed by atoms with Crippen molar-refractivity contribution in [2.75, 3.05) is 10.6 Å². The van der Waals surface area contributed by atoms with Gasteiger partial charge in [0.15, 0.2) is 0 Å². The molecule has 2 aromatic carbocycles. The van der Waals surface area contributed by atoms with Crippen LogP contribution in [-0.2, 0) is 6.54 Å². The predicted molar refractivity (Wildman–Crippen MR) is 109 cm³/mol. The second-order valence-electron chi connectivity index (χ2n) is 7.25. The standard InChI is InChI=1S/C22H25N3O/c1-16(26)18-9-7-8-17(14-18)15-23-21-22(12-5-2-6-13-22)25-20-11-4-3-10-19(20)24-21/h3-4,7-11,14,25-26H,1-2,5-6,12-13,15H2,(H,23,24). The van der Waals surface area contributed by atoms with E-state index in [0.29, 0.717) is 6.54 Å². The predicted octanol–water partition coefficient (Wildman–Crippen LogP) is 5.35. The molecule has 26 heavy (non-hydrogen) atoms. The number of hydrogen-bond donors (Lipinski definition) is 3. The molecule has 0 radical (unpaired) electrons. The van der Waals surface area contributed by atoms with Gasteiger partial charge in [0.2, 0.25) is 0 Å². The summed E-state index contributed by atoms with van der Waals surface area (Å²) in [5.74, 6) is 1.12. The van der Waals surface area contributed by atoms with E-state index in [9.17, 15) is 5.11 Å². The van der Waals surface area contributed by atoms with Crippen molar-refractivity contribution in [1.82, 2.24) is 0 Å². The number of nitrogens with one attached hydrogen (secondary N) is 2. The van der Waals surface area contributed by atoms with Crippen molar-refractivity contribution in [2.24, 2.45) is 4.99 Å². The minimum absolute atomic E-state index is 0.0923. The Labute approximate surface area is 154 Å². The van der Waals surface area contributed by atoms with Gasteiger partial charge in [0, 0.05) is 5.56 Å².